The molecule has 0 spiro atoms. The maximum absolute atomic E-state index is 4.62. The van der Waals surface area contributed by atoms with Gasteiger partial charge in [0, 0.05) is 14.1 Å². The van der Waals surface area contributed by atoms with Crippen molar-refractivity contribution in [1.29, 1.82) is 0 Å². The number of hydrogen-bond donors (Lipinski definition) is 0. The van der Waals surface area contributed by atoms with Gasteiger partial charge in [-0.25, -0.2) is 14.4 Å². The summed E-state index contributed by atoms with van der Waals surface area (Å²) in [7, 11) is 3.86. The summed E-state index contributed by atoms with van der Waals surface area (Å²) < 4.78 is 3.57. The zero-order valence-corrected chi connectivity index (χ0v) is 14.0. The van der Waals surface area contributed by atoms with Crippen molar-refractivity contribution in [3.8, 4) is 11.4 Å². The number of aromatic nitrogens is 5. The molecule has 2 heterocycles. The molecule has 124 valence electrons. The third kappa shape index (κ3) is 2.76. The van der Waals surface area contributed by atoms with Gasteiger partial charge >= 0.3 is 0 Å². The van der Waals surface area contributed by atoms with Crippen molar-refractivity contribution >= 4 is 23.2 Å². The van der Waals surface area contributed by atoms with Gasteiger partial charge in [0.15, 0.2) is 5.82 Å². The largest absolute Gasteiger partial charge is 0.369 e. The van der Waals surface area contributed by atoms with E-state index in [2.05, 4.69) is 20.4 Å². The number of rotatable bonds is 4. The lowest BCUT2D eigenvalue weighted by atomic mass is 10.3. The normalized spacial score (nSPS) is 11.4. The van der Waals surface area contributed by atoms with Crippen molar-refractivity contribution < 1.29 is 0 Å². The first kappa shape index (κ1) is 15.1. The van der Waals surface area contributed by atoms with E-state index in [1.807, 2.05) is 73.6 Å². The molecule has 0 unspecified atom stereocenters. The molecule has 0 aliphatic carbocycles. The summed E-state index contributed by atoms with van der Waals surface area (Å²) in [6, 6.07) is 17.7. The van der Waals surface area contributed by atoms with E-state index in [4.69, 9.17) is 0 Å². The lowest BCUT2D eigenvalue weighted by Gasteiger charge is -2.08. The zero-order valence-electron chi connectivity index (χ0n) is 14.0. The summed E-state index contributed by atoms with van der Waals surface area (Å²) >= 11 is 0. The van der Waals surface area contributed by atoms with Crippen LogP contribution in [0.3, 0.4) is 0 Å². The minimum absolute atomic E-state index is 0.690. The molecule has 0 saturated heterocycles. The van der Waals surface area contributed by atoms with Gasteiger partial charge in [-0.1, -0.05) is 35.5 Å². The Hall–Kier alpha value is -3.48. The summed E-state index contributed by atoms with van der Waals surface area (Å²) in [6.45, 7) is 0. The highest BCUT2D eigenvalue weighted by Gasteiger charge is 2.16. The van der Waals surface area contributed by atoms with Crippen molar-refractivity contribution in [1.82, 2.24) is 29.7 Å². The summed E-state index contributed by atoms with van der Waals surface area (Å²) in [5.41, 5.74) is 3.45. The number of aliphatic imine (C=N–C) groups is 1. The molecule has 0 amide bonds. The van der Waals surface area contributed by atoms with Gasteiger partial charge in [-0.2, -0.15) is 5.10 Å². The van der Waals surface area contributed by atoms with E-state index >= 15 is 0 Å². The molecule has 0 fully saturated rings. The molecule has 2 aromatic carbocycles. The van der Waals surface area contributed by atoms with Gasteiger partial charge in [-0.15, -0.1) is 5.10 Å². The third-order valence-electron chi connectivity index (χ3n) is 3.72. The average Bonchev–Trinajstić information content (AvgIpc) is 3.24. The SMILES string of the molecule is CN(C)/C=N\c1c(-n2nnc3ccccc32)cnn1-c1ccccc1. The third-order valence-corrected chi connectivity index (χ3v) is 3.72. The van der Waals surface area contributed by atoms with Gasteiger partial charge in [-0.05, 0) is 24.3 Å². The van der Waals surface area contributed by atoms with Crippen LogP contribution in [0.5, 0.6) is 0 Å². The van der Waals surface area contributed by atoms with Gasteiger partial charge in [0.1, 0.15) is 11.2 Å². The van der Waals surface area contributed by atoms with Gasteiger partial charge in [0.25, 0.3) is 0 Å². The van der Waals surface area contributed by atoms with Crippen LogP contribution in [0, 0.1) is 0 Å². The van der Waals surface area contributed by atoms with Gasteiger partial charge in [0.05, 0.1) is 23.7 Å². The molecule has 2 aromatic heterocycles. The summed E-state index contributed by atoms with van der Waals surface area (Å²) in [5, 5.41) is 13.0. The predicted molar refractivity (Wildman–Crippen MR) is 97.8 cm³/mol. The van der Waals surface area contributed by atoms with Crippen molar-refractivity contribution in [3.05, 3.63) is 60.8 Å². The van der Waals surface area contributed by atoms with E-state index in [9.17, 15) is 0 Å². The van der Waals surface area contributed by atoms with Crippen LogP contribution in [0.25, 0.3) is 22.4 Å². The summed E-state index contributed by atoms with van der Waals surface area (Å²) in [6.07, 6.45) is 3.51. The van der Waals surface area contributed by atoms with E-state index < -0.39 is 0 Å². The van der Waals surface area contributed by atoms with Crippen LogP contribution in [0.1, 0.15) is 0 Å². The summed E-state index contributed by atoms with van der Waals surface area (Å²) in [5.74, 6) is 0.690. The molecule has 4 aromatic rings. The van der Waals surface area contributed by atoms with Crippen molar-refractivity contribution in [2.24, 2.45) is 4.99 Å². The highest BCUT2D eigenvalue weighted by atomic mass is 15.5. The Bertz CT molecular complexity index is 1030. The van der Waals surface area contributed by atoms with E-state index in [0.29, 0.717) is 5.82 Å². The van der Waals surface area contributed by atoms with Crippen LogP contribution in [0.4, 0.5) is 5.82 Å². The quantitative estimate of drug-likeness (QED) is 0.426. The molecule has 4 rings (SSSR count). The van der Waals surface area contributed by atoms with Gasteiger partial charge in [-0.3, -0.25) is 0 Å². The molecular weight excluding hydrogens is 314 g/mol. The van der Waals surface area contributed by atoms with E-state index in [0.717, 1.165) is 22.4 Å². The topological polar surface area (TPSA) is 64.1 Å². The zero-order chi connectivity index (χ0) is 17.2. The first-order chi connectivity index (χ1) is 12.2. The Balaban J connectivity index is 1.92. The fourth-order valence-corrected chi connectivity index (χ4v) is 2.58. The second-order valence-electron chi connectivity index (χ2n) is 5.80. The Morgan fingerprint density at radius 1 is 0.960 bits per heavy atom. The molecule has 0 N–H and O–H groups in total. The molecule has 0 atom stereocenters. The fourth-order valence-electron chi connectivity index (χ4n) is 2.58. The first-order valence-corrected chi connectivity index (χ1v) is 7.89. The molecule has 25 heavy (non-hydrogen) atoms. The minimum Gasteiger partial charge on any atom is -0.369 e. The minimum atomic E-state index is 0.690. The molecule has 0 radical (unpaired) electrons. The van der Waals surface area contributed by atoms with Crippen LogP contribution >= 0.6 is 0 Å². The molecule has 7 heteroatoms. The fraction of sp³-hybridized carbons (Fsp3) is 0.111. The molecular formula is C18H17N7. The maximum atomic E-state index is 4.62. The van der Waals surface area contributed by atoms with Crippen LogP contribution < -0.4 is 0 Å². The molecule has 7 nitrogen and oxygen atoms in total. The average molecular weight is 331 g/mol. The smallest absolute Gasteiger partial charge is 0.183 e. The number of nitrogens with zero attached hydrogens (tertiary/aromatic N) is 7. The second kappa shape index (κ2) is 6.20. The Morgan fingerprint density at radius 2 is 1.72 bits per heavy atom. The number of benzene rings is 2. The maximum Gasteiger partial charge on any atom is 0.183 e. The molecule has 0 aliphatic rings. The molecule has 0 bridgehead atoms. The van der Waals surface area contributed by atoms with Crippen LogP contribution in [-0.2, 0) is 0 Å². The van der Waals surface area contributed by atoms with Crippen molar-refractivity contribution in [2.75, 3.05) is 14.1 Å². The highest BCUT2D eigenvalue weighted by molar-refractivity contribution is 5.77. The van der Waals surface area contributed by atoms with Gasteiger partial charge < -0.3 is 4.90 Å². The number of hydrogen-bond acceptors (Lipinski definition) is 4. The lowest BCUT2D eigenvalue weighted by molar-refractivity contribution is 0.642. The number of fused-ring (bicyclic) bond motifs is 1. The lowest BCUT2D eigenvalue weighted by Crippen LogP contribution is -2.08. The first-order valence-electron chi connectivity index (χ1n) is 7.89. The summed E-state index contributed by atoms with van der Waals surface area (Å²) in [4.78, 5) is 6.50. The standard InChI is InChI=1S/C18H17N7/c1-23(2)13-19-18-17(12-20-24(18)14-8-4-3-5-9-14)25-16-11-7-6-10-15(16)21-22-25/h3-13H,1-2H3/b19-13-. The van der Waals surface area contributed by atoms with Crippen molar-refractivity contribution in [2.45, 2.75) is 0 Å². The second-order valence-corrected chi connectivity index (χ2v) is 5.80. The molecule has 0 saturated carbocycles. The van der Waals surface area contributed by atoms with Gasteiger partial charge in [0.2, 0.25) is 0 Å². The van der Waals surface area contributed by atoms with E-state index in [-0.39, 0.29) is 0 Å². The van der Waals surface area contributed by atoms with Crippen LogP contribution in [-0.4, -0.2) is 50.1 Å². The molecule has 0 aliphatic heterocycles. The Labute approximate surface area is 144 Å². The van der Waals surface area contributed by atoms with Crippen LogP contribution in [0.15, 0.2) is 65.8 Å². The number of para-hydroxylation sites is 2. The van der Waals surface area contributed by atoms with Crippen molar-refractivity contribution in [3.63, 3.8) is 0 Å². The van der Waals surface area contributed by atoms with E-state index in [1.54, 1.807) is 21.9 Å². The predicted octanol–water partition coefficient (Wildman–Crippen LogP) is 2.83. The Kier molecular flexibility index (Phi) is 3.74. The Morgan fingerprint density at radius 3 is 2.52 bits per heavy atom. The highest BCUT2D eigenvalue weighted by Crippen LogP contribution is 2.28. The van der Waals surface area contributed by atoms with E-state index in [1.165, 1.54) is 0 Å². The monoisotopic (exact) mass is 331 g/mol. The van der Waals surface area contributed by atoms with Crippen LogP contribution in [0.2, 0.25) is 0 Å².